The second-order valence-corrected chi connectivity index (χ2v) is 4.66. The van der Waals surface area contributed by atoms with Gasteiger partial charge in [0.25, 0.3) is 0 Å². The molecule has 6 heteroatoms. The van der Waals surface area contributed by atoms with E-state index in [0.717, 1.165) is 0 Å². The van der Waals surface area contributed by atoms with E-state index in [0.29, 0.717) is 5.69 Å². The van der Waals surface area contributed by atoms with Gasteiger partial charge in [-0.05, 0) is 12.1 Å². The first kappa shape index (κ1) is 10.8. The standard InChI is InChI=1S/C8H13N3O2S/c1-11(2)6-4-3-5-7(8(6)9)14(10,12)13/h3-5H,9H2,1-2H3,(H2,10,12,13). The first-order valence-corrected chi connectivity index (χ1v) is 5.47. The van der Waals surface area contributed by atoms with Gasteiger partial charge in [0.05, 0.1) is 11.4 Å². The molecule has 0 aromatic heterocycles. The number of nitrogen functional groups attached to an aromatic ring is 1. The second-order valence-electron chi connectivity index (χ2n) is 3.13. The smallest absolute Gasteiger partial charge is 0.240 e. The highest BCUT2D eigenvalue weighted by Gasteiger charge is 2.15. The van der Waals surface area contributed by atoms with E-state index in [9.17, 15) is 8.42 Å². The maximum atomic E-state index is 11.1. The van der Waals surface area contributed by atoms with Crippen LogP contribution in [-0.4, -0.2) is 22.5 Å². The lowest BCUT2D eigenvalue weighted by molar-refractivity contribution is 0.598. The summed E-state index contributed by atoms with van der Waals surface area (Å²) < 4.78 is 22.2. The first-order chi connectivity index (χ1) is 6.34. The Labute approximate surface area is 83.4 Å². The number of hydrogen-bond acceptors (Lipinski definition) is 4. The van der Waals surface area contributed by atoms with Crippen LogP contribution >= 0.6 is 0 Å². The van der Waals surface area contributed by atoms with Crippen molar-refractivity contribution in [2.45, 2.75) is 4.90 Å². The van der Waals surface area contributed by atoms with E-state index < -0.39 is 10.0 Å². The molecule has 5 nitrogen and oxygen atoms in total. The van der Waals surface area contributed by atoms with Crippen molar-refractivity contribution in [1.82, 2.24) is 0 Å². The number of rotatable bonds is 2. The largest absolute Gasteiger partial charge is 0.396 e. The molecule has 0 spiro atoms. The summed E-state index contributed by atoms with van der Waals surface area (Å²) in [5.41, 5.74) is 6.49. The van der Waals surface area contributed by atoms with Gasteiger partial charge in [-0.15, -0.1) is 0 Å². The maximum absolute atomic E-state index is 11.1. The average Bonchev–Trinajstić information content (AvgIpc) is 2.01. The van der Waals surface area contributed by atoms with Gasteiger partial charge in [0.1, 0.15) is 4.90 Å². The van der Waals surface area contributed by atoms with E-state index in [1.165, 1.54) is 6.07 Å². The summed E-state index contributed by atoms with van der Waals surface area (Å²) in [5, 5.41) is 5.00. The monoisotopic (exact) mass is 215 g/mol. The predicted octanol–water partition coefficient (Wildman–Crippen LogP) is -0.0178. The molecule has 1 rings (SSSR count). The van der Waals surface area contributed by atoms with Crippen LogP contribution in [0.2, 0.25) is 0 Å². The van der Waals surface area contributed by atoms with E-state index in [1.807, 2.05) is 0 Å². The average molecular weight is 215 g/mol. The van der Waals surface area contributed by atoms with Gasteiger partial charge in [-0.25, -0.2) is 13.6 Å². The van der Waals surface area contributed by atoms with Crippen molar-refractivity contribution in [3.05, 3.63) is 18.2 Å². The van der Waals surface area contributed by atoms with Gasteiger partial charge < -0.3 is 10.6 Å². The minimum atomic E-state index is -3.74. The lowest BCUT2D eigenvalue weighted by Gasteiger charge is -2.16. The summed E-state index contributed by atoms with van der Waals surface area (Å²) in [6, 6.07) is 4.72. The van der Waals surface area contributed by atoms with Crippen LogP contribution < -0.4 is 15.8 Å². The number of anilines is 2. The zero-order valence-electron chi connectivity index (χ0n) is 8.06. The van der Waals surface area contributed by atoms with Gasteiger partial charge in [-0.3, -0.25) is 0 Å². The topological polar surface area (TPSA) is 89.4 Å². The Kier molecular flexibility index (Phi) is 2.68. The molecule has 4 N–H and O–H groups in total. The molecule has 0 fully saturated rings. The molecule has 0 radical (unpaired) electrons. The van der Waals surface area contributed by atoms with Crippen LogP contribution in [0.4, 0.5) is 11.4 Å². The van der Waals surface area contributed by atoms with E-state index in [-0.39, 0.29) is 10.6 Å². The van der Waals surface area contributed by atoms with Crippen LogP contribution in [0.3, 0.4) is 0 Å². The van der Waals surface area contributed by atoms with Crippen molar-refractivity contribution in [3.8, 4) is 0 Å². The van der Waals surface area contributed by atoms with Crippen molar-refractivity contribution in [1.29, 1.82) is 0 Å². The molecule has 0 saturated carbocycles. The lowest BCUT2D eigenvalue weighted by Crippen LogP contribution is -2.17. The lowest BCUT2D eigenvalue weighted by atomic mass is 10.2. The normalized spacial score (nSPS) is 11.4. The quantitative estimate of drug-likeness (QED) is 0.678. The molecular formula is C8H13N3O2S. The first-order valence-electron chi connectivity index (χ1n) is 3.92. The van der Waals surface area contributed by atoms with Crippen molar-refractivity contribution >= 4 is 21.4 Å². The molecule has 78 valence electrons. The third-order valence-electron chi connectivity index (χ3n) is 1.83. The van der Waals surface area contributed by atoms with Crippen LogP contribution in [0, 0.1) is 0 Å². The predicted molar refractivity (Wildman–Crippen MR) is 56.6 cm³/mol. The molecular weight excluding hydrogens is 202 g/mol. The number of sulfonamides is 1. The summed E-state index contributed by atoms with van der Waals surface area (Å²) in [6.07, 6.45) is 0. The zero-order chi connectivity index (χ0) is 10.9. The summed E-state index contributed by atoms with van der Waals surface area (Å²) in [6.45, 7) is 0. The Bertz CT molecular complexity index is 440. The number of benzene rings is 1. The Morgan fingerprint density at radius 2 is 1.86 bits per heavy atom. The highest BCUT2D eigenvalue weighted by atomic mass is 32.2. The van der Waals surface area contributed by atoms with Crippen LogP contribution in [0.25, 0.3) is 0 Å². The Morgan fingerprint density at radius 1 is 1.29 bits per heavy atom. The molecule has 0 amide bonds. The van der Waals surface area contributed by atoms with Crippen LogP contribution in [0.5, 0.6) is 0 Å². The van der Waals surface area contributed by atoms with Gasteiger partial charge in [-0.2, -0.15) is 0 Å². The highest BCUT2D eigenvalue weighted by Crippen LogP contribution is 2.27. The molecule has 0 bridgehead atoms. The van der Waals surface area contributed by atoms with E-state index >= 15 is 0 Å². The maximum Gasteiger partial charge on any atom is 0.240 e. The van der Waals surface area contributed by atoms with Gasteiger partial charge in [-0.1, -0.05) is 6.07 Å². The fourth-order valence-corrected chi connectivity index (χ4v) is 1.85. The fraction of sp³-hybridized carbons (Fsp3) is 0.250. The van der Waals surface area contributed by atoms with Crippen LogP contribution in [0.15, 0.2) is 23.1 Å². The number of hydrogen-bond donors (Lipinski definition) is 2. The van der Waals surface area contributed by atoms with E-state index in [1.54, 1.807) is 31.1 Å². The van der Waals surface area contributed by atoms with E-state index in [2.05, 4.69) is 0 Å². The van der Waals surface area contributed by atoms with Crippen molar-refractivity contribution in [2.75, 3.05) is 24.7 Å². The fourth-order valence-electron chi connectivity index (χ4n) is 1.17. The molecule has 0 saturated heterocycles. The molecule has 14 heavy (non-hydrogen) atoms. The van der Waals surface area contributed by atoms with Gasteiger partial charge in [0, 0.05) is 14.1 Å². The van der Waals surface area contributed by atoms with E-state index in [4.69, 9.17) is 10.9 Å². The SMILES string of the molecule is CN(C)c1cccc(S(N)(=O)=O)c1N. The second kappa shape index (κ2) is 3.47. The minimum Gasteiger partial charge on any atom is -0.396 e. The number of primary sulfonamides is 1. The van der Waals surface area contributed by atoms with Gasteiger partial charge in [0.2, 0.25) is 10.0 Å². The Hall–Kier alpha value is -1.27. The van der Waals surface area contributed by atoms with Crippen molar-refractivity contribution in [3.63, 3.8) is 0 Å². The van der Waals surface area contributed by atoms with Gasteiger partial charge >= 0.3 is 0 Å². The molecule has 0 atom stereocenters. The van der Waals surface area contributed by atoms with Crippen LogP contribution in [-0.2, 0) is 10.0 Å². The molecule has 1 aromatic rings. The highest BCUT2D eigenvalue weighted by molar-refractivity contribution is 7.89. The number of nitrogens with zero attached hydrogens (tertiary/aromatic N) is 1. The van der Waals surface area contributed by atoms with Crippen molar-refractivity contribution < 1.29 is 8.42 Å². The zero-order valence-corrected chi connectivity index (χ0v) is 8.88. The molecule has 0 heterocycles. The molecule has 0 aliphatic rings. The third-order valence-corrected chi connectivity index (χ3v) is 2.80. The number of nitrogens with two attached hydrogens (primary N) is 2. The Morgan fingerprint density at radius 3 is 2.29 bits per heavy atom. The molecule has 1 aromatic carbocycles. The third kappa shape index (κ3) is 1.97. The summed E-state index contributed by atoms with van der Waals surface area (Å²) >= 11 is 0. The summed E-state index contributed by atoms with van der Waals surface area (Å²) in [4.78, 5) is 1.69. The number of para-hydroxylation sites is 1. The minimum absolute atomic E-state index is 0.0382. The van der Waals surface area contributed by atoms with Gasteiger partial charge in [0.15, 0.2) is 0 Å². The summed E-state index contributed by atoms with van der Waals surface area (Å²) in [7, 11) is -0.188. The molecule has 0 unspecified atom stereocenters. The van der Waals surface area contributed by atoms with Crippen molar-refractivity contribution in [2.24, 2.45) is 5.14 Å². The van der Waals surface area contributed by atoms with Crippen LogP contribution in [0.1, 0.15) is 0 Å². The summed E-state index contributed by atoms with van der Waals surface area (Å²) in [5.74, 6) is 0. The molecule has 0 aliphatic heterocycles. The molecule has 0 aliphatic carbocycles. The Balaban J connectivity index is 3.43.